The van der Waals surface area contributed by atoms with Gasteiger partial charge < -0.3 is 4.74 Å². The quantitative estimate of drug-likeness (QED) is 0.767. The molecule has 1 aromatic carbocycles. The molecule has 0 saturated heterocycles. The third kappa shape index (κ3) is 3.04. The van der Waals surface area contributed by atoms with Crippen molar-refractivity contribution in [2.24, 2.45) is 0 Å². The topological polar surface area (TPSA) is 26.3 Å². The van der Waals surface area contributed by atoms with Crippen molar-refractivity contribution in [3.8, 4) is 5.75 Å². The van der Waals surface area contributed by atoms with E-state index in [4.69, 9.17) is 16.3 Å². The summed E-state index contributed by atoms with van der Waals surface area (Å²) in [5.74, 6) is 0.815. The van der Waals surface area contributed by atoms with E-state index in [9.17, 15) is 4.79 Å². The second-order valence-corrected chi connectivity index (χ2v) is 3.53. The van der Waals surface area contributed by atoms with E-state index >= 15 is 0 Å². The van der Waals surface area contributed by atoms with E-state index in [-0.39, 0.29) is 12.4 Å². The molecule has 0 aromatic heterocycles. The number of carbonyl (C=O) groups is 1. The fourth-order valence-corrected chi connectivity index (χ4v) is 1.26. The molecule has 14 heavy (non-hydrogen) atoms. The number of hydrogen-bond acceptors (Lipinski definition) is 2. The van der Waals surface area contributed by atoms with Crippen LogP contribution in [0.3, 0.4) is 0 Å². The molecule has 0 saturated carbocycles. The van der Waals surface area contributed by atoms with Crippen molar-refractivity contribution in [3.05, 3.63) is 28.8 Å². The molecule has 0 aliphatic heterocycles. The first-order valence-electron chi connectivity index (χ1n) is 4.54. The molecule has 0 N–H and O–H groups in total. The maximum absolute atomic E-state index is 11.0. The Balaban J connectivity index is 2.63. The Hall–Kier alpha value is -1.02. The van der Waals surface area contributed by atoms with Crippen molar-refractivity contribution in [2.75, 3.05) is 6.61 Å². The predicted molar refractivity (Wildman–Crippen MR) is 57.0 cm³/mol. The molecule has 0 atom stereocenters. The molecular formula is C11H13ClO2. The fraction of sp³-hybridized carbons (Fsp3) is 0.364. The van der Waals surface area contributed by atoms with Gasteiger partial charge in [-0.25, -0.2) is 0 Å². The van der Waals surface area contributed by atoms with Crippen LogP contribution >= 0.6 is 11.6 Å². The van der Waals surface area contributed by atoms with Crippen molar-refractivity contribution < 1.29 is 9.53 Å². The van der Waals surface area contributed by atoms with Gasteiger partial charge in [0.2, 0.25) is 0 Å². The molecule has 0 spiro atoms. The molecule has 1 aromatic rings. The Bertz CT molecular complexity index is 334. The zero-order valence-corrected chi connectivity index (χ0v) is 9.10. The van der Waals surface area contributed by atoms with Crippen LogP contribution in [0.1, 0.15) is 18.9 Å². The highest BCUT2D eigenvalue weighted by Gasteiger charge is 2.03. The third-order valence-corrected chi connectivity index (χ3v) is 2.16. The summed E-state index contributed by atoms with van der Waals surface area (Å²) in [7, 11) is 0. The van der Waals surface area contributed by atoms with Gasteiger partial charge >= 0.3 is 0 Å². The Morgan fingerprint density at radius 3 is 2.79 bits per heavy atom. The van der Waals surface area contributed by atoms with Gasteiger partial charge in [-0.3, -0.25) is 4.79 Å². The van der Waals surface area contributed by atoms with Gasteiger partial charge in [0.25, 0.3) is 0 Å². The summed E-state index contributed by atoms with van der Waals surface area (Å²) in [6.07, 6.45) is 0.507. The van der Waals surface area contributed by atoms with Crippen LogP contribution < -0.4 is 4.74 Å². The second kappa shape index (κ2) is 5.01. The smallest absolute Gasteiger partial charge is 0.169 e. The first-order valence-corrected chi connectivity index (χ1v) is 4.92. The van der Waals surface area contributed by atoms with Crippen LogP contribution in [0, 0.1) is 6.92 Å². The number of carbonyl (C=O) groups excluding carboxylic acids is 1. The number of rotatable bonds is 4. The van der Waals surface area contributed by atoms with E-state index in [2.05, 4.69) is 0 Å². The zero-order chi connectivity index (χ0) is 10.6. The highest BCUT2D eigenvalue weighted by atomic mass is 35.5. The number of hydrogen-bond donors (Lipinski definition) is 0. The van der Waals surface area contributed by atoms with Crippen molar-refractivity contribution in [2.45, 2.75) is 20.3 Å². The van der Waals surface area contributed by atoms with Crippen LogP contribution in [0.4, 0.5) is 0 Å². The van der Waals surface area contributed by atoms with Crippen LogP contribution in [-0.4, -0.2) is 12.4 Å². The van der Waals surface area contributed by atoms with Gasteiger partial charge in [0, 0.05) is 11.4 Å². The summed E-state index contributed by atoms with van der Waals surface area (Å²) in [5.41, 5.74) is 0.946. The molecule has 0 radical (unpaired) electrons. The number of aryl methyl sites for hydroxylation is 1. The minimum absolute atomic E-state index is 0.0966. The van der Waals surface area contributed by atoms with E-state index in [1.54, 1.807) is 12.1 Å². The number of ketones is 1. The molecular weight excluding hydrogens is 200 g/mol. The lowest BCUT2D eigenvalue weighted by molar-refractivity contribution is -0.120. The number of Topliss-reactive ketones (excluding diaryl/α,β-unsaturated/α-hetero) is 1. The molecule has 3 heteroatoms. The molecule has 1 rings (SSSR count). The minimum atomic E-state index is 0.0966. The van der Waals surface area contributed by atoms with Crippen molar-refractivity contribution in [1.29, 1.82) is 0 Å². The van der Waals surface area contributed by atoms with Gasteiger partial charge in [0.15, 0.2) is 5.78 Å². The van der Waals surface area contributed by atoms with E-state index < -0.39 is 0 Å². The van der Waals surface area contributed by atoms with E-state index in [0.717, 1.165) is 11.3 Å². The van der Waals surface area contributed by atoms with Crippen LogP contribution in [0.25, 0.3) is 0 Å². The normalized spacial score (nSPS) is 9.93. The third-order valence-electron chi connectivity index (χ3n) is 1.92. The highest BCUT2D eigenvalue weighted by molar-refractivity contribution is 6.30. The van der Waals surface area contributed by atoms with Gasteiger partial charge in [-0.05, 0) is 30.7 Å². The Morgan fingerprint density at radius 2 is 2.21 bits per heavy atom. The van der Waals surface area contributed by atoms with Gasteiger partial charge in [0.1, 0.15) is 12.4 Å². The molecule has 0 amide bonds. The summed E-state index contributed by atoms with van der Waals surface area (Å²) in [4.78, 5) is 11.0. The van der Waals surface area contributed by atoms with Gasteiger partial charge in [0.05, 0.1) is 0 Å². The first-order chi connectivity index (χ1) is 6.63. The van der Waals surface area contributed by atoms with E-state index in [0.29, 0.717) is 11.4 Å². The van der Waals surface area contributed by atoms with Gasteiger partial charge in [-0.15, -0.1) is 0 Å². The summed E-state index contributed by atoms with van der Waals surface area (Å²) in [6, 6.07) is 5.34. The lowest BCUT2D eigenvalue weighted by Crippen LogP contribution is -2.10. The number of halogens is 1. The maximum Gasteiger partial charge on any atom is 0.169 e. The summed E-state index contributed by atoms with van der Waals surface area (Å²) in [6.45, 7) is 3.86. The first kappa shape index (κ1) is 11.1. The molecule has 0 fully saturated rings. The highest BCUT2D eigenvalue weighted by Crippen LogP contribution is 2.21. The minimum Gasteiger partial charge on any atom is -0.486 e. The average Bonchev–Trinajstić information content (AvgIpc) is 2.16. The van der Waals surface area contributed by atoms with Crippen LogP contribution in [0.15, 0.2) is 18.2 Å². The lowest BCUT2D eigenvalue weighted by Gasteiger charge is -2.07. The molecule has 0 bridgehead atoms. The summed E-state index contributed by atoms with van der Waals surface area (Å²) in [5, 5.41) is 0.677. The van der Waals surface area contributed by atoms with Gasteiger partial charge in [-0.2, -0.15) is 0 Å². The van der Waals surface area contributed by atoms with Gasteiger partial charge in [-0.1, -0.05) is 18.5 Å². The molecule has 0 heterocycles. The zero-order valence-electron chi connectivity index (χ0n) is 8.34. The SMILES string of the molecule is CCC(=O)COc1ccc(Cl)cc1C. The standard InChI is InChI=1S/C11H13ClO2/c1-3-10(13)7-14-11-5-4-9(12)6-8(11)2/h4-6H,3,7H2,1-2H3. The molecule has 0 aliphatic carbocycles. The van der Waals surface area contributed by atoms with E-state index in [1.165, 1.54) is 0 Å². The monoisotopic (exact) mass is 212 g/mol. The molecule has 2 nitrogen and oxygen atoms in total. The summed E-state index contributed by atoms with van der Waals surface area (Å²) >= 11 is 5.78. The summed E-state index contributed by atoms with van der Waals surface area (Å²) < 4.78 is 5.34. The Labute approximate surface area is 88.8 Å². The van der Waals surface area contributed by atoms with Crippen LogP contribution in [0.2, 0.25) is 5.02 Å². The van der Waals surface area contributed by atoms with Crippen molar-refractivity contribution >= 4 is 17.4 Å². The fourth-order valence-electron chi connectivity index (χ4n) is 1.04. The van der Waals surface area contributed by atoms with E-state index in [1.807, 2.05) is 19.9 Å². The molecule has 76 valence electrons. The Kier molecular flexibility index (Phi) is 3.96. The second-order valence-electron chi connectivity index (χ2n) is 3.09. The average molecular weight is 213 g/mol. The maximum atomic E-state index is 11.0. The number of ether oxygens (including phenoxy) is 1. The lowest BCUT2D eigenvalue weighted by atomic mass is 10.2. The number of benzene rings is 1. The predicted octanol–water partition coefficient (Wildman–Crippen LogP) is 3.01. The Morgan fingerprint density at radius 1 is 1.50 bits per heavy atom. The largest absolute Gasteiger partial charge is 0.486 e. The molecule has 0 unspecified atom stereocenters. The van der Waals surface area contributed by atoms with Crippen LogP contribution in [-0.2, 0) is 4.79 Å². The van der Waals surface area contributed by atoms with Crippen molar-refractivity contribution in [1.82, 2.24) is 0 Å². The van der Waals surface area contributed by atoms with Crippen molar-refractivity contribution in [3.63, 3.8) is 0 Å². The van der Waals surface area contributed by atoms with Crippen LogP contribution in [0.5, 0.6) is 5.75 Å². The molecule has 0 aliphatic rings.